The van der Waals surface area contributed by atoms with Gasteiger partial charge in [-0.25, -0.2) is 0 Å². The van der Waals surface area contributed by atoms with Crippen molar-refractivity contribution in [3.63, 3.8) is 0 Å². The van der Waals surface area contributed by atoms with Crippen LogP contribution in [-0.2, 0) is 10.8 Å². The quantitative estimate of drug-likeness (QED) is 0.652. The molecule has 1 rings (SSSR count). The Hall–Kier alpha value is -1.34. The molecule has 1 aromatic carbocycles. The molecule has 0 fully saturated rings. The van der Waals surface area contributed by atoms with E-state index >= 15 is 0 Å². The molecule has 0 saturated carbocycles. The fourth-order valence-electron chi connectivity index (χ4n) is 1.68. The molecular formula is C15H21NO2S. The van der Waals surface area contributed by atoms with Gasteiger partial charge in [-0.2, -0.15) is 5.26 Å². The van der Waals surface area contributed by atoms with Gasteiger partial charge in [0.15, 0.2) is 0 Å². The monoisotopic (exact) mass is 279 g/mol. The highest BCUT2D eigenvalue weighted by Gasteiger charge is 2.00. The number of hydrogen-bond acceptors (Lipinski definition) is 3. The molecule has 3 nitrogen and oxygen atoms in total. The molecule has 0 aromatic heterocycles. The first-order chi connectivity index (χ1) is 9.26. The minimum Gasteiger partial charge on any atom is -0.494 e. The maximum Gasteiger partial charge on any atom is 0.120 e. The highest BCUT2D eigenvalue weighted by atomic mass is 32.2. The smallest absolute Gasteiger partial charge is 0.120 e. The number of hydrogen-bond donors (Lipinski definition) is 0. The Morgan fingerprint density at radius 1 is 1.26 bits per heavy atom. The van der Waals surface area contributed by atoms with Gasteiger partial charge in [0.1, 0.15) is 5.75 Å². The second kappa shape index (κ2) is 9.57. The molecule has 0 bridgehead atoms. The predicted molar refractivity (Wildman–Crippen MR) is 78.7 cm³/mol. The zero-order chi connectivity index (χ0) is 13.9. The number of nitriles is 1. The molecule has 0 aliphatic heterocycles. The topological polar surface area (TPSA) is 50.1 Å². The summed E-state index contributed by atoms with van der Waals surface area (Å²) >= 11 is 0. The van der Waals surface area contributed by atoms with Gasteiger partial charge < -0.3 is 4.74 Å². The minimum atomic E-state index is -0.718. The molecule has 0 amide bonds. The fraction of sp³-hybridized carbons (Fsp3) is 0.533. The van der Waals surface area contributed by atoms with Crippen LogP contribution < -0.4 is 4.74 Å². The van der Waals surface area contributed by atoms with Crippen molar-refractivity contribution in [3.8, 4) is 11.8 Å². The van der Waals surface area contributed by atoms with Crippen LogP contribution in [0.5, 0.6) is 5.75 Å². The zero-order valence-electron chi connectivity index (χ0n) is 11.4. The Kier molecular flexibility index (Phi) is 7.92. The first-order valence-corrected chi connectivity index (χ1v) is 8.23. The Morgan fingerprint density at radius 2 is 2.05 bits per heavy atom. The van der Waals surface area contributed by atoms with Crippen molar-refractivity contribution in [1.82, 2.24) is 0 Å². The van der Waals surface area contributed by atoms with Crippen molar-refractivity contribution in [3.05, 3.63) is 29.8 Å². The van der Waals surface area contributed by atoms with Crippen molar-refractivity contribution in [2.24, 2.45) is 0 Å². The van der Waals surface area contributed by atoms with Gasteiger partial charge in [-0.3, -0.25) is 4.21 Å². The summed E-state index contributed by atoms with van der Waals surface area (Å²) in [5.41, 5.74) is 0.598. The number of ether oxygens (including phenoxy) is 1. The lowest BCUT2D eigenvalue weighted by atomic mass is 10.2. The van der Waals surface area contributed by atoms with Crippen molar-refractivity contribution in [2.75, 3.05) is 18.1 Å². The molecular weight excluding hydrogens is 258 g/mol. The largest absolute Gasteiger partial charge is 0.494 e. The number of benzene rings is 1. The fourth-order valence-corrected chi connectivity index (χ4v) is 2.85. The van der Waals surface area contributed by atoms with Crippen LogP contribution in [-0.4, -0.2) is 22.3 Å². The van der Waals surface area contributed by atoms with E-state index in [0.29, 0.717) is 23.7 Å². The van der Waals surface area contributed by atoms with Crippen LogP contribution in [0.4, 0.5) is 0 Å². The molecule has 0 radical (unpaired) electrons. The molecule has 4 heteroatoms. The Bertz CT molecular complexity index is 440. The molecule has 0 heterocycles. The van der Waals surface area contributed by atoms with Crippen molar-refractivity contribution >= 4 is 10.8 Å². The third-order valence-electron chi connectivity index (χ3n) is 2.72. The van der Waals surface area contributed by atoms with Crippen LogP contribution in [0.25, 0.3) is 0 Å². The van der Waals surface area contributed by atoms with E-state index in [4.69, 9.17) is 10.00 Å². The third kappa shape index (κ3) is 6.97. The van der Waals surface area contributed by atoms with Crippen LogP contribution in [0.2, 0.25) is 0 Å². The first kappa shape index (κ1) is 15.7. The SMILES string of the molecule is CCCCCS(=O)CCCOc1cccc(C#N)c1. The standard InChI is InChI=1S/C15H21NO2S/c1-2-3-4-10-19(17)11-6-9-18-15-8-5-7-14(12-15)13-16/h5,7-8,12H,2-4,6,9-11H2,1H3. The number of nitrogens with zero attached hydrogens (tertiary/aromatic N) is 1. The second-order valence-electron chi connectivity index (χ2n) is 4.40. The van der Waals surface area contributed by atoms with Gasteiger partial charge >= 0.3 is 0 Å². The molecule has 104 valence electrons. The van der Waals surface area contributed by atoms with Gasteiger partial charge in [-0.1, -0.05) is 25.8 Å². The van der Waals surface area contributed by atoms with Gasteiger partial charge in [0.05, 0.1) is 18.2 Å². The Labute approximate surface area is 118 Å². The molecule has 1 atom stereocenters. The lowest BCUT2D eigenvalue weighted by Crippen LogP contribution is -2.07. The minimum absolute atomic E-state index is 0.550. The summed E-state index contributed by atoms with van der Waals surface area (Å²) in [5.74, 6) is 2.20. The zero-order valence-corrected chi connectivity index (χ0v) is 12.2. The summed E-state index contributed by atoms with van der Waals surface area (Å²) < 4.78 is 17.2. The van der Waals surface area contributed by atoms with Crippen LogP contribution in [0.1, 0.15) is 38.2 Å². The number of rotatable bonds is 9. The summed E-state index contributed by atoms with van der Waals surface area (Å²) in [4.78, 5) is 0. The Morgan fingerprint density at radius 3 is 2.79 bits per heavy atom. The van der Waals surface area contributed by atoms with Crippen LogP contribution in [0.3, 0.4) is 0 Å². The lowest BCUT2D eigenvalue weighted by Gasteiger charge is -2.06. The van der Waals surface area contributed by atoms with Crippen molar-refractivity contribution in [2.45, 2.75) is 32.6 Å². The maximum atomic E-state index is 11.6. The van der Waals surface area contributed by atoms with E-state index in [2.05, 4.69) is 13.0 Å². The highest BCUT2D eigenvalue weighted by molar-refractivity contribution is 7.84. The van der Waals surface area contributed by atoms with Gasteiger partial charge in [-0.05, 0) is 31.0 Å². The third-order valence-corrected chi connectivity index (χ3v) is 4.21. The van der Waals surface area contributed by atoms with E-state index in [1.807, 2.05) is 6.07 Å². The van der Waals surface area contributed by atoms with E-state index in [1.165, 1.54) is 0 Å². The van der Waals surface area contributed by atoms with Crippen LogP contribution in [0.15, 0.2) is 24.3 Å². The van der Waals surface area contributed by atoms with E-state index in [0.717, 1.165) is 31.4 Å². The average molecular weight is 279 g/mol. The first-order valence-electron chi connectivity index (χ1n) is 6.74. The predicted octanol–water partition coefficient (Wildman–Crippen LogP) is 3.27. The summed E-state index contributed by atoms with van der Waals surface area (Å²) in [5, 5.41) is 8.76. The molecule has 0 N–H and O–H groups in total. The van der Waals surface area contributed by atoms with Crippen LogP contribution in [0, 0.1) is 11.3 Å². The molecule has 19 heavy (non-hydrogen) atoms. The van der Waals surface area contributed by atoms with E-state index < -0.39 is 10.8 Å². The summed E-state index contributed by atoms with van der Waals surface area (Å²) in [6.07, 6.45) is 4.16. The van der Waals surface area contributed by atoms with E-state index in [1.54, 1.807) is 18.2 Å². The molecule has 0 aliphatic carbocycles. The average Bonchev–Trinajstić information content (AvgIpc) is 2.44. The van der Waals surface area contributed by atoms with Gasteiger partial charge in [-0.15, -0.1) is 0 Å². The number of unbranched alkanes of at least 4 members (excludes halogenated alkanes) is 2. The van der Waals surface area contributed by atoms with E-state index in [-0.39, 0.29) is 0 Å². The molecule has 0 aliphatic rings. The molecule has 1 unspecified atom stereocenters. The second-order valence-corrected chi connectivity index (χ2v) is 6.09. The Balaban J connectivity index is 2.16. The molecule has 0 spiro atoms. The summed E-state index contributed by atoms with van der Waals surface area (Å²) in [7, 11) is -0.718. The maximum absolute atomic E-state index is 11.6. The van der Waals surface area contributed by atoms with Gasteiger partial charge in [0.25, 0.3) is 0 Å². The normalized spacial score (nSPS) is 11.8. The van der Waals surface area contributed by atoms with Gasteiger partial charge in [0, 0.05) is 22.3 Å². The highest BCUT2D eigenvalue weighted by Crippen LogP contribution is 2.12. The lowest BCUT2D eigenvalue weighted by molar-refractivity contribution is 0.318. The summed E-state index contributed by atoms with van der Waals surface area (Å²) in [6.45, 7) is 2.69. The van der Waals surface area contributed by atoms with Crippen LogP contribution >= 0.6 is 0 Å². The molecule has 0 saturated heterocycles. The summed E-state index contributed by atoms with van der Waals surface area (Å²) in [6, 6.07) is 9.18. The van der Waals surface area contributed by atoms with Crippen molar-refractivity contribution < 1.29 is 8.95 Å². The van der Waals surface area contributed by atoms with Gasteiger partial charge in [0.2, 0.25) is 0 Å². The van der Waals surface area contributed by atoms with Crippen molar-refractivity contribution in [1.29, 1.82) is 5.26 Å². The molecule has 1 aromatic rings. The van der Waals surface area contributed by atoms with E-state index in [9.17, 15) is 4.21 Å².